The largest absolute Gasteiger partial charge is 0.408 e. The summed E-state index contributed by atoms with van der Waals surface area (Å²) >= 11 is 0. The molecule has 1 fully saturated rings. The number of halogens is 3. The number of hydrogen-bond donors (Lipinski definition) is 1. The van der Waals surface area contributed by atoms with Crippen LogP contribution in [0, 0.1) is 22.2 Å². The third-order valence-electron chi connectivity index (χ3n) is 3.51. The van der Waals surface area contributed by atoms with Gasteiger partial charge in [0.1, 0.15) is 11.5 Å². The lowest BCUT2D eigenvalue weighted by Crippen LogP contribution is -2.53. The first kappa shape index (κ1) is 17.8. The molecule has 4 nitrogen and oxygen atoms in total. The topological polar surface area (TPSA) is 62.1 Å². The van der Waals surface area contributed by atoms with Crippen molar-refractivity contribution in [1.82, 2.24) is 5.32 Å². The van der Waals surface area contributed by atoms with Gasteiger partial charge >= 0.3 is 6.18 Å². The van der Waals surface area contributed by atoms with Crippen LogP contribution in [0.15, 0.2) is 0 Å². The van der Waals surface area contributed by atoms with Crippen LogP contribution in [0.5, 0.6) is 0 Å². The van der Waals surface area contributed by atoms with Crippen molar-refractivity contribution in [2.45, 2.75) is 52.3 Å². The van der Waals surface area contributed by atoms with Crippen molar-refractivity contribution < 1.29 is 22.7 Å². The Kier molecular flexibility index (Phi) is 5.26. The highest BCUT2D eigenvalue weighted by atomic mass is 19.4. The molecule has 0 aromatic carbocycles. The second-order valence-corrected chi connectivity index (χ2v) is 6.64. The van der Waals surface area contributed by atoms with Crippen LogP contribution in [0.2, 0.25) is 0 Å². The van der Waals surface area contributed by atoms with Crippen molar-refractivity contribution in [2.24, 2.45) is 10.8 Å². The number of ether oxygens (including phenoxy) is 1. The van der Waals surface area contributed by atoms with E-state index >= 15 is 0 Å². The van der Waals surface area contributed by atoms with Gasteiger partial charge in [-0.2, -0.15) is 18.4 Å². The smallest absolute Gasteiger partial charge is 0.381 e. The average molecular weight is 306 g/mol. The number of alkyl halides is 3. The fraction of sp³-hybridized carbons (Fsp3) is 0.857. The minimum Gasteiger partial charge on any atom is -0.381 e. The predicted octanol–water partition coefficient (Wildman–Crippen LogP) is 2.79. The second-order valence-electron chi connectivity index (χ2n) is 6.64. The van der Waals surface area contributed by atoms with Crippen molar-refractivity contribution in [3.8, 4) is 6.07 Å². The molecular formula is C14H21F3N2O2. The lowest BCUT2D eigenvalue weighted by atomic mass is 9.80. The number of nitrogens with one attached hydrogen (secondary N) is 1. The van der Waals surface area contributed by atoms with Crippen LogP contribution >= 0.6 is 0 Å². The Morgan fingerprint density at radius 1 is 1.33 bits per heavy atom. The Morgan fingerprint density at radius 3 is 2.24 bits per heavy atom. The van der Waals surface area contributed by atoms with E-state index < -0.39 is 29.0 Å². The zero-order chi connectivity index (χ0) is 16.3. The maximum Gasteiger partial charge on any atom is 0.408 e. The van der Waals surface area contributed by atoms with Gasteiger partial charge < -0.3 is 10.1 Å². The van der Waals surface area contributed by atoms with E-state index in [1.807, 2.05) is 11.4 Å². The summed E-state index contributed by atoms with van der Waals surface area (Å²) < 4.78 is 44.3. The minimum absolute atomic E-state index is 0.120. The molecule has 1 aliphatic rings. The van der Waals surface area contributed by atoms with E-state index in [4.69, 9.17) is 4.74 Å². The summed E-state index contributed by atoms with van der Waals surface area (Å²) in [6, 6.07) is -0.0688. The Hall–Kier alpha value is -1.29. The predicted molar refractivity (Wildman–Crippen MR) is 70.2 cm³/mol. The SMILES string of the molecule is CC(C)(C)C[C@H](NC(=O)C1(C#N)CCOCC1)C(F)(F)F. The van der Waals surface area contributed by atoms with Gasteiger partial charge in [0, 0.05) is 13.2 Å². The van der Waals surface area contributed by atoms with Gasteiger partial charge in [0.25, 0.3) is 0 Å². The summed E-state index contributed by atoms with van der Waals surface area (Å²) in [4.78, 5) is 12.2. The molecule has 0 aromatic heterocycles. The van der Waals surface area contributed by atoms with Gasteiger partial charge in [-0.25, -0.2) is 0 Å². The van der Waals surface area contributed by atoms with Crippen LogP contribution in [0.3, 0.4) is 0 Å². The molecule has 21 heavy (non-hydrogen) atoms. The van der Waals surface area contributed by atoms with E-state index in [0.29, 0.717) is 0 Å². The molecular weight excluding hydrogens is 285 g/mol. The lowest BCUT2D eigenvalue weighted by Gasteiger charge is -2.33. The summed E-state index contributed by atoms with van der Waals surface area (Å²) in [5.74, 6) is -0.847. The zero-order valence-electron chi connectivity index (χ0n) is 12.5. The molecule has 1 atom stereocenters. The van der Waals surface area contributed by atoms with Crippen LogP contribution in [0.25, 0.3) is 0 Å². The normalized spacial score (nSPS) is 20.4. The zero-order valence-corrected chi connectivity index (χ0v) is 12.5. The van der Waals surface area contributed by atoms with Crippen molar-refractivity contribution in [3.63, 3.8) is 0 Å². The molecule has 0 aliphatic carbocycles. The second kappa shape index (κ2) is 6.22. The molecule has 1 saturated heterocycles. The third kappa shape index (κ3) is 4.88. The van der Waals surface area contributed by atoms with Gasteiger partial charge in [-0.05, 0) is 24.7 Å². The van der Waals surface area contributed by atoms with Crippen LogP contribution in [-0.4, -0.2) is 31.3 Å². The number of rotatable bonds is 3. The Labute approximate surface area is 122 Å². The molecule has 1 heterocycles. The van der Waals surface area contributed by atoms with E-state index in [-0.39, 0.29) is 32.5 Å². The molecule has 0 unspecified atom stereocenters. The van der Waals surface area contributed by atoms with Crippen LogP contribution < -0.4 is 5.32 Å². The van der Waals surface area contributed by atoms with Crippen molar-refractivity contribution in [1.29, 1.82) is 5.26 Å². The van der Waals surface area contributed by atoms with E-state index in [2.05, 4.69) is 0 Å². The van der Waals surface area contributed by atoms with E-state index in [0.717, 1.165) is 0 Å². The van der Waals surface area contributed by atoms with Crippen LogP contribution in [-0.2, 0) is 9.53 Å². The van der Waals surface area contributed by atoms with Gasteiger partial charge in [-0.15, -0.1) is 0 Å². The summed E-state index contributed by atoms with van der Waals surface area (Å²) in [7, 11) is 0. The van der Waals surface area contributed by atoms with Gasteiger partial charge in [-0.1, -0.05) is 20.8 Å². The van der Waals surface area contributed by atoms with Crippen LogP contribution in [0.1, 0.15) is 40.0 Å². The van der Waals surface area contributed by atoms with E-state index in [1.54, 1.807) is 20.8 Å². The highest BCUT2D eigenvalue weighted by Gasteiger charge is 2.47. The molecule has 1 N–H and O–H groups in total. The van der Waals surface area contributed by atoms with E-state index in [9.17, 15) is 23.2 Å². The van der Waals surface area contributed by atoms with Crippen molar-refractivity contribution in [2.75, 3.05) is 13.2 Å². The summed E-state index contributed by atoms with van der Waals surface area (Å²) in [5.41, 5.74) is -2.01. The lowest BCUT2D eigenvalue weighted by molar-refractivity contribution is -0.170. The number of carbonyl (C=O) groups excluding carboxylic acids is 1. The monoisotopic (exact) mass is 306 g/mol. The molecule has 1 aliphatic heterocycles. The molecule has 0 spiro atoms. The maximum atomic E-state index is 13.1. The highest BCUT2D eigenvalue weighted by molar-refractivity contribution is 5.85. The summed E-state index contributed by atoms with van der Waals surface area (Å²) in [5, 5.41) is 11.2. The number of nitrogens with zero attached hydrogens (tertiary/aromatic N) is 1. The van der Waals surface area contributed by atoms with Gasteiger partial charge in [0.15, 0.2) is 0 Å². The van der Waals surface area contributed by atoms with Crippen molar-refractivity contribution in [3.05, 3.63) is 0 Å². The van der Waals surface area contributed by atoms with E-state index in [1.165, 1.54) is 0 Å². The number of carbonyl (C=O) groups is 1. The minimum atomic E-state index is -4.54. The fourth-order valence-corrected chi connectivity index (χ4v) is 2.27. The molecule has 0 saturated carbocycles. The number of hydrogen-bond acceptors (Lipinski definition) is 3. The molecule has 7 heteroatoms. The Bertz CT molecular complexity index is 415. The fourth-order valence-electron chi connectivity index (χ4n) is 2.27. The molecule has 1 amide bonds. The van der Waals surface area contributed by atoms with Gasteiger partial charge in [-0.3, -0.25) is 4.79 Å². The quantitative estimate of drug-likeness (QED) is 0.872. The average Bonchev–Trinajstić information content (AvgIpc) is 2.36. The van der Waals surface area contributed by atoms with Gasteiger partial charge in [0.05, 0.1) is 6.07 Å². The molecule has 0 aromatic rings. The van der Waals surface area contributed by atoms with Crippen molar-refractivity contribution >= 4 is 5.91 Å². The third-order valence-corrected chi connectivity index (χ3v) is 3.51. The first-order chi connectivity index (χ1) is 9.50. The summed E-state index contributed by atoms with van der Waals surface area (Å²) in [6.45, 7) is 5.43. The standard InChI is InChI=1S/C14H21F3N2O2/c1-12(2,3)8-10(14(15,16)17)19-11(20)13(9-18)4-6-21-7-5-13/h10H,4-8H2,1-3H3,(H,19,20)/t10-/m0/s1. The Morgan fingerprint density at radius 2 is 1.86 bits per heavy atom. The number of nitriles is 1. The molecule has 0 bridgehead atoms. The highest BCUT2D eigenvalue weighted by Crippen LogP contribution is 2.34. The number of amides is 1. The molecule has 0 radical (unpaired) electrons. The first-order valence-corrected chi connectivity index (χ1v) is 6.87. The molecule has 1 rings (SSSR count). The van der Waals surface area contributed by atoms with Gasteiger partial charge in [0.2, 0.25) is 5.91 Å². The first-order valence-electron chi connectivity index (χ1n) is 6.87. The molecule has 120 valence electrons. The summed E-state index contributed by atoms with van der Waals surface area (Å²) in [6.07, 6.45) is -4.53. The maximum absolute atomic E-state index is 13.1. The van der Waals surface area contributed by atoms with Crippen LogP contribution in [0.4, 0.5) is 13.2 Å². The Balaban J connectivity index is 2.87.